The van der Waals surface area contributed by atoms with Gasteiger partial charge in [0.05, 0.1) is 0 Å². The Morgan fingerprint density at radius 3 is 1.84 bits per heavy atom. The second-order valence-electron chi connectivity index (χ2n) is 6.01. The van der Waals surface area contributed by atoms with Crippen LogP contribution in [0.4, 0.5) is 11.4 Å². The Morgan fingerprint density at radius 2 is 1.28 bits per heavy atom. The van der Waals surface area contributed by atoms with Crippen LogP contribution in [0.15, 0.2) is 91.1 Å². The Kier molecular flexibility index (Phi) is 5.10. The van der Waals surface area contributed by atoms with Gasteiger partial charge in [-0.05, 0) is 43.7 Å². The van der Waals surface area contributed by atoms with Crippen molar-refractivity contribution < 1.29 is 4.79 Å². The van der Waals surface area contributed by atoms with Gasteiger partial charge in [-0.25, -0.2) is 0 Å². The lowest BCUT2D eigenvalue weighted by Crippen LogP contribution is -2.11. The summed E-state index contributed by atoms with van der Waals surface area (Å²) in [6.45, 7) is 3.68. The lowest BCUT2D eigenvalue weighted by atomic mass is 10.0. The second-order valence-corrected chi connectivity index (χ2v) is 6.01. The lowest BCUT2D eigenvalue weighted by Gasteiger charge is -2.22. The molecular weight excluding hydrogens is 306 g/mol. The summed E-state index contributed by atoms with van der Waals surface area (Å²) in [5.74, 6) is 0.0410. The van der Waals surface area contributed by atoms with Crippen molar-refractivity contribution in [3.63, 3.8) is 0 Å². The molecule has 0 unspecified atom stereocenters. The highest BCUT2D eigenvalue weighted by atomic mass is 16.1. The third kappa shape index (κ3) is 4.04. The molecule has 124 valence electrons. The van der Waals surface area contributed by atoms with Crippen LogP contribution in [0.1, 0.15) is 18.1 Å². The number of para-hydroxylation sites is 1. The van der Waals surface area contributed by atoms with Crippen molar-refractivity contribution in [2.45, 2.75) is 13.8 Å². The number of carbonyl (C=O) groups excluding carboxylic acids is 1. The first-order valence-corrected chi connectivity index (χ1v) is 8.34. The van der Waals surface area contributed by atoms with Crippen LogP contribution in [-0.2, 0) is 4.79 Å². The topological polar surface area (TPSA) is 20.3 Å². The first kappa shape index (κ1) is 16.7. The van der Waals surface area contributed by atoms with Crippen LogP contribution in [0.25, 0.3) is 5.57 Å². The van der Waals surface area contributed by atoms with Crippen molar-refractivity contribution in [2.24, 2.45) is 0 Å². The zero-order valence-electron chi connectivity index (χ0n) is 14.5. The van der Waals surface area contributed by atoms with Gasteiger partial charge in [0.1, 0.15) is 0 Å². The van der Waals surface area contributed by atoms with E-state index in [9.17, 15) is 4.79 Å². The number of carbonyl (C=O) groups is 1. The van der Waals surface area contributed by atoms with E-state index in [1.165, 1.54) is 5.56 Å². The van der Waals surface area contributed by atoms with Gasteiger partial charge in [0.25, 0.3) is 0 Å². The van der Waals surface area contributed by atoms with Crippen LogP contribution < -0.4 is 4.90 Å². The highest BCUT2D eigenvalue weighted by Crippen LogP contribution is 2.29. The molecule has 0 amide bonds. The molecule has 3 aromatic carbocycles. The van der Waals surface area contributed by atoms with Crippen molar-refractivity contribution in [3.8, 4) is 0 Å². The van der Waals surface area contributed by atoms with Gasteiger partial charge in [0.2, 0.25) is 0 Å². The Morgan fingerprint density at radius 1 is 0.760 bits per heavy atom. The molecule has 3 rings (SSSR count). The van der Waals surface area contributed by atoms with Crippen LogP contribution in [0.3, 0.4) is 0 Å². The van der Waals surface area contributed by atoms with Crippen LogP contribution in [0.2, 0.25) is 0 Å². The van der Waals surface area contributed by atoms with Crippen LogP contribution >= 0.6 is 0 Å². The van der Waals surface area contributed by atoms with Gasteiger partial charge >= 0.3 is 0 Å². The fourth-order valence-corrected chi connectivity index (χ4v) is 2.71. The molecule has 0 bridgehead atoms. The number of anilines is 2. The zero-order chi connectivity index (χ0) is 17.6. The van der Waals surface area contributed by atoms with E-state index < -0.39 is 0 Å². The number of benzene rings is 3. The Bertz CT molecular complexity index is 865. The van der Waals surface area contributed by atoms with Crippen LogP contribution in [0.5, 0.6) is 0 Å². The smallest absolute Gasteiger partial charge is 0.161 e. The molecule has 0 aliphatic rings. The third-order valence-corrected chi connectivity index (χ3v) is 4.07. The van der Waals surface area contributed by atoms with Crippen molar-refractivity contribution in [3.05, 3.63) is 102 Å². The SMILES string of the molecule is CC(=O)/C(=C\N(c1ccccc1)c1ccc(C)cc1)c1ccccc1. The molecule has 0 radical (unpaired) electrons. The van der Waals surface area contributed by atoms with E-state index in [-0.39, 0.29) is 5.78 Å². The summed E-state index contributed by atoms with van der Waals surface area (Å²) in [7, 11) is 0. The van der Waals surface area contributed by atoms with E-state index in [0.29, 0.717) is 5.57 Å². The molecule has 0 aromatic heterocycles. The monoisotopic (exact) mass is 327 g/mol. The van der Waals surface area contributed by atoms with Gasteiger partial charge in [-0.1, -0.05) is 66.2 Å². The van der Waals surface area contributed by atoms with Gasteiger partial charge in [-0.3, -0.25) is 4.79 Å². The number of aryl methyl sites for hydroxylation is 1. The molecule has 0 atom stereocenters. The molecule has 0 saturated heterocycles. The first-order valence-electron chi connectivity index (χ1n) is 8.34. The van der Waals surface area contributed by atoms with Crippen molar-refractivity contribution >= 4 is 22.7 Å². The second kappa shape index (κ2) is 7.63. The Hall–Kier alpha value is -3.13. The molecule has 2 nitrogen and oxygen atoms in total. The molecule has 0 N–H and O–H groups in total. The van der Waals surface area contributed by atoms with Crippen molar-refractivity contribution in [1.29, 1.82) is 0 Å². The standard InChI is InChI=1S/C23H21NO/c1-18-13-15-22(16-14-18)24(21-11-7-4-8-12-21)17-23(19(2)25)20-9-5-3-6-10-20/h3-17H,1-2H3/b23-17+. The maximum absolute atomic E-state index is 12.3. The maximum atomic E-state index is 12.3. The molecule has 25 heavy (non-hydrogen) atoms. The van der Waals surface area contributed by atoms with Gasteiger partial charge < -0.3 is 4.90 Å². The number of Topliss-reactive ketones (excluding diaryl/α,β-unsaturated/α-hetero) is 1. The summed E-state index contributed by atoms with van der Waals surface area (Å²) in [5, 5.41) is 0. The van der Waals surface area contributed by atoms with E-state index in [1.54, 1.807) is 6.92 Å². The summed E-state index contributed by atoms with van der Waals surface area (Å²) in [6, 6.07) is 28.2. The van der Waals surface area contributed by atoms with Gasteiger partial charge in [-0.2, -0.15) is 0 Å². The maximum Gasteiger partial charge on any atom is 0.161 e. The van der Waals surface area contributed by atoms with Crippen molar-refractivity contribution in [2.75, 3.05) is 4.90 Å². The number of ketones is 1. The number of hydrogen-bond donors (Lipinski definition) is 0. The van der Waals surface area contributed by atoms with Gasteiger partial charge in [0.15, 0.2) is 5.78 Å². The normalized spacial score (nSPS) is 11.2. The summed E-state index contributed by atoms with van der Waals surface area (Å²) in [4.78, 5) is 14.4. The first-order chi connectivity index (χ1) is 12.1. The molecule has 0 aliphatic heterocycles. The number of nitrogens with zero attached hydrogens (tertiary/aromatic N) is 1. The number of allylic oxidation sites excluding steroid dienone is 1. The quantitative estimate of drug-likeness (QED) is 0.555. The molecule has 0 heterocycles. The van der Waals surface area contributed by atoms with E-state index in [0.717, 1.165) is 16.9 Å². The van der Waals surface area contributed by atoms with E-state index >= 15 is 0 Å². The highest BCUT2D eigenvalue weighted by Gasteiger charge is 2.12. The molecule has 0 aliphatic carbocycles. The summed E-state index contributed by atoms with van der Waals surface area (Å²) < 4.78 is 0. The molecule has 0 fully saturated rings. The average molecular weight is 327 g/mol. The van der Waals surface area contributed by atoms with Gasteiger partial charge in [0, 0.05) is 23.1 Å². The molecule has 3 aromatic rings. The fourth-order valence-electron chi connectivity index (χ4n) is 2.71. The van der Waals surface area contributed by atoms with E-state index in [1.807, 2.05) is 66.9 Å². The molecular formula is C23H21NO. The summed E-state index contributed by atoms with van der Waals surface area (Å²) in [6.07, 6.45) is 1.93. The van der Waals surface area contributed by atoms with Crippen molar-refractivity contribution in [1.82, 2.24) is 0 Å². The van der Waals surface area contributed by atoms with Gasteiger partial charge in [-0.15, -0.1) is 0 Å². The minimum atomic E-state index is 0.0410. The number of rotatable bonds is 5. The molecule has 0 saturated carbocycles. The largest absolute Gasteiger partial charge is 0.316 e. The minimum absolute atomic E-state index is 0.0410. The lowest BCUT2D eigenvalue weighted by molar-refractivity contribution is -0.111. The Balaban J connectivity index is 2.13. The van der Waals surface area contributed by atoms with E-state index in [4.69, 9.17) is 0 Å². The zero-order valence-corrected chi connectivity index (χ0v) is 14.5. The molecule has 2 heteroatoms. The predicted molar refractivity (Wildman–Crippen MR) is 105 cm³/mol. The van der Waals surface area contributed by atoms with Crippen LogP contribution in [-0.4, -0.2) is 5.78 Å². The third-order valence-electron chi connectivity index (χ3n) is 4.07. The fraction of sp³-hybridized carbons (Fsp3) is 0.0870. The van der Waals surface area contributed by atoms with Crippen LogP contribution in [0, 0.1) is 6.92 Å². The Labute approximate surface area is 149 Å². The number of hydrogen-bond acceptors (Lipinski definition) is 2. The van der Waals surface area contributed by atoms with E-state index in [2.05, 4.69) is 36.1 Å². The average Bonchev–Trinajstić information content (AvgIpc) is 2.65. The minimum Gasteiger partial charge on any atom is -0.316 e. The summed E-state index contributed by atoms with van der Waals surface area (Å²) in [5.41, 5.74) is 4.84. The molecule has 0 spiro atoms. The predicted octanol–water partition coefficient (Wildman–Crippen LogP) is 5.76. The summed E-state index contributed by atoms with van der Waals surface area (Å²) >= 11 is 0. The highest BCUT2D eigenvalue weighted by molar-refractivity contribution is 6.20.